The van der Waals surface area contributed by atoms with Crippen molar-refractivity contribution in [1.82, 2.24) is 4.72 Å². The third-order valence-corrected chi connectivity index (χ3v) is 6.05. The molecule has 8 nitrogen and oxygen atoms in total. The Balaban J connectivity index is 1.98. The average molecular weight is 356 g/mol. The normalized spacial score (nSPS) is 23.7. The number of ether oxygens (including phenoxy) is 2. The molecule has 1 N–H and O–H groups in total. The maximum atomic E-state index is 12.7. The van der Waals surface area contributed by atoms with Gasteiger partial charge in [0.1, 0.15) is 13.2 Å². The number of nitrogens with zero attached hydrogens (tertiary/aromatic N) is 1. The van der Waals surface area contributed by atoms with Gasteiger partial charge in [-0.1, -0.05) is 19.8 Å². The van der Waals surface area contributed by atoms with Crippen LogP contribution in [0.4, 0.5) is 5.69 Å². The van der Waals surface area contributed by atoms with Crippen molar-refractivity contribution in [3.8, 4) is 11.5 Å². The van der Waals surface area contributed by atoms with Gasteiger partial charge in [0.05, 0.1) is 11.0 Å². The van der Waals surface area contributed by atoms with Crippen molar-refractivity contribution in [3.63, 3.8) is 0 Å². The lowest BCUT2D eigenvalue weighted by molar-refractivity contribution is -0.388. The van der Waals surface area contributed by atoms with Gasteiger partial charge in [-0.25, -0.2) is 13.1 Å². The van der Waals surface area contributed by atoms with Gasteiger partial charge in [-0.15, -0.1) is 0 Å². The first-order chi connectivity index (χ1) is 11.4. The molecule has 0 saturated heterocycles. The Kier molecular flexibility index (Phi) is 4.64. The minimum atomic E-state index is -4.03. The van der Waals surface area contributed by atoms with E-state index in [1.807, 2.05) is 6.92 Å². The van der Waals surface area contributed by atoms with E-state index >= 15 is 0 Å². The molecule has 1 saturated carbocycles. The molecule has 24 heavy (non-hydrogen) atoms. The summed E-state index contributed by atoms with van der Waals surface area (Å²) >= 11 is 0. The van der Waals surface area contributed by atoms with Crippen molar-refractivity contribution >= 4 is 15.7 Å². The summed E-state index contributed by atoms with van der Waals surface area (Å²) in [6, 6.07) is 2.09. The number of hydrogen-bond acceptors (Lipinski definition) is 6. The van der Waals surface area contributed by atoms with Gasteiger partial charge in [0.25, 0.3) is 5.69 Å². The molecule has 132 valence electrons. The fraction of sp³-hybridized carbons (Fsp3) is 0.600. The molecule has 0 unspecified atom stereocenters. The van der Waals surface area contributed by atoms with Crippen molar-refractivity contribution < 1.29 is 22.8 Å². The molecule has 1 aromatic rings. The molecule has 1 aromatic carbocycles. The Labute approximate surface area is 140 Å². The summed E-state index contributed by atoms with van der Waals surface area (Å²) in [6.45, 7) is 2.54. The van der Waals surface area contributed by atoms with Crippen molar-refractivity contribution in [2.45, 2.75) is 43.5 Å². The number of sulfonamides is 1. The Morgan fingerprint density at radius 3 is 2.42 bits per heavy atom. The van der Waals surface area contributed by atoms with Gasteiger partial charge in [0.15, 0.2) is 16.4 Å². The summed E-state index contributed by atoms with van der Waals surface area (Å²) in [6.07, 6.45) is 3.69. The molecule has 9 heteroatoms. The lowest BCUT2D eigenvalue weighted by Gasteiger charge is -2.29. The fourth-order valence-corrected chi connectivity index (χ4v) is 4.72. The first kappa shape index (κ1) is 17.0. The number of nitrogens with one attached hydrogen (secondary N) is 1. The van der Waals surface area contributed by atoms with Crippen LogP contribution in [0.25, 0.3) is 0 Å². The van der Waals surface area contributed by atoms with Crippen molar-refractivity contribution in [3.05, 3.63) is 22.2 Å². The number of fused-ring (bicyclic) bond motifs is 1. The van der Waals surface area contributed by atoms with Crippen molar-refractivity contribution in [2.75, 3.05) is 13.2 Å². The molecular formula is C15H20N2O6S. The second kappa shape index (κ2) is 6.56. The van der Waals surface area contributed by atoms with E-state index < -0.39 is 20.6 Å². The molecule has 1 heterocycles. The predicted molar refractivity (Wildman–Crippen MR) is 85.8 cm³/mol. The first-order valence-corrected chi connectivity index (χ1v) is 9.47. The van der Waals surface area contributed by atoms with Crippen LogP contribution in [0.2, 0.25) is 0 Å². The van der Waals surface area contributed by atoms with Crippen LogP contribution in [0, 0.1) is 16.0 Å². The molecular weight excluding hydrogens is 336 g/mol. The van der Waals surface area contributed by atoms with E-state index in [-0.39, 0.29) is 41.6 Å². The van der Waals surface area contributed by atoms with Crippen LogP contribution in [-0.2, 0) is 10.0 Å². The molecule has 2 atom stereocenters. The van der Waals surface area contributed by atoms with Gasteiger partial charge < -0.3 is 9.47 Å². The van der Waals surface area contributed by atoms with E-state index in [1.165, 1.54) is 6.07 Å². The standard InChI is InChI=1S/C15H20N2O6S/c1-10-4-2-3-5-11(10)16-24(20,21)15-9-14-13(22-6-7-23-14)8-12(15)17(18)19/h8-11,16H,2-7H2,1H3/t10-,11-/m1/s1. The SMILES string of the molecule is C[C@@H]1CCCC[C@H]1NS(=O)(=O)c1cc2c(cc1[N+](=O)[O-])OCCO2. The quantitative estimate of drug-likeness (QED) is 0.655. The Hall–Kier alpha value is -1.87. The highest BCUT2D eigenvalue weighted by molar-refractivity contribution is 7.89. The summed E-state index contributed by atoms with van der Waals surface area (Å²) < 4.78 is 38.8. The largest absolute Gasteiger partial charge is 0.486 e. The highest BCUT2D eigenvalue weighted by Gasteiger charge is 2.33. The second-order valence-electron chi connectivity index (χ2n) is 6.21. The van der Waals surface area contributed by atoms with E-state index in [4.69, 9.17) is 9.47 Å². The minimum Gasteiger partial charge on any atom is -0.486 e. The molecule has 0 aromatic heterocycles. The molecule has 0 bridgehead atoms. The maximum absolute atomic E-state index is 12.7. The topological polar surface area (TPSA) is 108 Å². The molecule has 3 rings (SSSR count). The second-order valence-corrected chi connectivity index (χ2v) is 7.89. The van der Waals surface area contributed by atoms with Crippen LogP contribution in [0.1, 0.15) is 32.6 Å². The lowest BCUT2D eigenvalue weighted by Crippen LogP contribution is -2.41. The predicted octanol–water partition coefficient (Wildman–Crippen LogP) is 2.22. The van der Waals surface area contributed by atoms with E-state index in [2.05, 4.69) is 4.72 Å². The van der Waals surface area contributed by atoms with Gasteiger partial charge in [-0.05, 0) is 18.8 Å². The number of nitro groups is 1. The zero-order valence-corrected chi connectivity index (χ0v) is 14.2. The van der Waals surface area contributed by atoms with Crippen LogP contribution in [0.5, 0.6) is 11.5 Å². The van der Waals surface area contributed by atoms with Crippen LogP contribution in [0.15, 0.2) is 17.0 Å². The molecule has 0 spiro atoms. The Morgan fingerprint density at radius 2 is 1.79 bits per heavy atom. The summed E-state index contributed by atoms with van der Waals surface area (Å²) in [4.78, 5) is 10.2. The Bertz CT molecular complexity index is 749. The monoisotopic (exact) mass is 356 g/mol. The fourth-order valence-electron chi connectivity index (χ4n) is 3.17. The maximum Gasteiger partial charge on any atom is 0.293 e. The van der Waals surface area contributed by atoms with E-state index in [9.17, 15) is 18.5 Å². The van der Waals surface area contributed by atoms with Gasteiger partial charge >= 0.3 is 0 Å². The van der Waals surface area contributed by atoms with Crippen LogP contribution in [-0.4, -0.2) is 32.6 Å². The van der Waals surface area contributed by atoms with Gasteiger partial charge in [0.2, 0.25) is 10.0 Å². The molecule has 0 amide bonds. The van der Waals surface area contributed by atoms with Crippen LogP contribution < -0.4 is 14.2 Å². The van der Waals surface area contributed by atoms with Gasteiger partial charge in [-0.2, -0.15) is 0 Å². The molecule has 1 fully saturated rings. The number of rotatable bonds is 4. The third kappa shape index (κ3) is 3.32. The van der Waals surface area contributed by atoms with E-state index in [0.717, 1.165) is 31.7 Å². The highest BCUT2D eigenvalue weighted by atomic mass is 32.2. The molecule has 0 radical (unpaired) electrons. The van der Waals surface area contributed by atoms with E-state index in [1.54, 1.807) is 0 Å². The minimum absolute atomic E-state index is 0.193. The molecule has 1 aliphatic carbocycles. The summed E-state index contributed by atoms with van der Waals surface area (Å²) in [5, 5.41) is 11.3. The summed E-state index contributed by atoms with van der Waals surface area (Å²) in [5.74, 6) is 0.603. The number of hydrogen-bond donors (Lipinski definition) is 1. The number of nitro benzene ring substituents is 1. The van der Waals surface area contributed by atoms with Gasteiger partial charge in [0, 0.05) is 12.1 Å². The molecule has 1 aliphatic heterocycles. The third-order valence-electron chi connectivity index (χ3n) is 4.53. The average Bonchev–Trinajstić information content (AvgIpc) is 2.55. The van der Waals surface area contributed by atoms with Crippen LogP contribution >= 0.6 is 0 Å². The van der Waals surface area contributed by atoms with Crippen molar-refractivity contribution in [1.29, 1.82) is 0 Å². The smallest absolute Gasteiger partial charge is 0.293 e. The van der Waals surface area contributed by atoms with Crippen molar-refractivity contribution in [2.24, 2.45) is 5.92 Å². The lowest BCUT2D eigenvalue weighted by atomic mass is 9.87. The number of benzene rings is 1. The highest BCUT2D eigenvalue weighted by Crippen LogP contribution is 2.39. The summed E-state index contributed by atoms with van der Waals surface area (Å²) in [5.41, 5.74) is -0.504. The Morgan fingerprint density at radius 1 is 1.17 bits per heavy atom. The summed E-state index contributed by atoms with van der Waals surface area (Å²) in [7, 11) is -4.03. The zero-order valence-electron chi connectivity index (χ0n) is 13.4. The zero-order chi connectivity index (χ0) is 17.3. The van der Waals surface area contributed by atoms with Gasteiger partial charge in [-0.3, -0.25) is 10.1 Å². The first-order valence-electron chi connectivity index (χ1n) is 7.99. The van der Waals surface area contributed by atoms with Crippen LogP contribution in [0.3, 0.4) is 0 Å². The molecule has 2 aliphatic rings. The van der Waals surface area contributed by atoms with E-state index in [0.29, 0.717) is 0 Å².